The van der Waals surface area contributed by atoms with Crippen LogP contribution in [0.5, 0.6) is 0 Å². The monoisotopic (exact) mass is 300 g/mol. The van der Waals surface area contributed by atoms with Gasteiger partial charge in [-0.05, 0) is 93.2 Å². The van der Waals surface area contributed by atoms with Crippen LogP contribution < -0.4 is 0 Å². The van der Waals surface area contributed by atoms with E-state index in [2.05, 4.69) is 19.1 Å². The molecule has 0 heterocycles. The second-order valence-corrected chi connectivity index (χ2v) is 7.41. The van der Waals surface area contributed by atoms with Gasteiger partial charge in [-0.1, -0.05) is 30.7 Å². The summed E-state index contributed by atoms with van der Waals surface area (Å²) in [6.45, 7) is 2.12. The molecule has 0 radical (unpaired) electrons. The van der Waals surface area contributed by atoms with Gasteiger partial charge in [-0.25, -0.2) is 4.39 Å². The molecule has 22 heavy (non-hydrogen) atoms. The molecule has 120 valence electrons. The molecule has 0 spiro atoms. The van der Waals surface area contributed by atoms with E-state index in [0.717, 1.165) is 17.8 Å². The van der Waals surface area contributed by atoms with Crippen molar-refractivity contribution in [2.45, 2.75) is 64.2 Å². The maximum Gasteiger partial charge on any atom is 0.123 e. The summed E-state index contributed by atoms with van der Waals surface area (Å²) in [5.41, 5.74) is 1.36. The smallest absolute Gasteiger partial charge is 0.123 e. The van der Waals surface area contributed by atoms with Crippen molar-refractivity contribution in [3.05, 3.63) is 47.8 Å². The number of hydrogen-bond acceptors (Lipinski definition) is 0. The van der Waals surface area contributed by atoms with Gasteiger partial charge in [-0.15, -0.1) is 0 Å². The van der Waals surface area contributed by atoms with Crippen molar-refractivity contribution in [2.24, 2.45) is 17.8 Å². The summed E-state index contributed by atoms with van der Waals surface area (Å²) in [7, 11) is 0. The highest BCUT2D eigenvalue weighted by Crippen LogP contribution is 2.48. The SMILES string of the molecule is CC=CCC[C@@H]1CC[C@@H]2CC(c3ccc(F)cc3)CC[C@@H]2C1. The van der Waals surface area contributed by atoms with Gasteiger partial charge in [-0.3, -0.25) is 0 Å². The molecule has 0 saturated heterocycles. The zero-order chi connectivity index (χ0) is 15.4. The molecule has 2 aliphatic carbocycles. The van der Waals surface area contributed by atoms with Crippen molar-refractivity contribution in [3.8, 4) is 0 Å². The number of allylic oxidation sites excluding steroid dienone is 2. The van der Waals surface area contributed by atoms with E-state index < -0.39 is 0 Å². The van der Waals surface area contributed by atoms with Gasteiger partial charge < -0.3 is 0 Å². The van der Waals surface area contributed by atoms with E-state index in [1.165, 1.54) is 56.9 Å². The molecule has 2 aliphatic rings. The molecule has 1 heteroatoms. The lowest BCUT2D eigenvalue weighted by Gasteiger charge is -2.42. The molecule has 0 nitrogen and oxygen atoms in total. The third kappa shape index (κ3) is 3.80. The van der Waals surface area contributed by atoms with Crippen molar-refractivity contribution >= 4 is 0 Å². The van der Waals surface area contributed by atoms with E-state index in [1.54, 1.807) is 12.1 Å². The highest BCUT2D eigenvalue weighted by molar-refractivity contribution is 5.21. The van der Waals surface area contributed by atoms with Crippen LogP contribution in [0.4, 0.5) is 4.39 Å². The molecule has 4 atom stereocenters. The van der Waals surface area contributed by atoms with Gasteiger partial charge in [0.2, 0.25) is 0 Å². The molecular weight excluding hydrogens is 271 g/mol. The second kappa shape index (κ2) is 7.44. The van der Waals surface area contributed by atoms with E-state index >= 15 is 0 Å². The maximum atomic E-state index is 13.1. The Hall–Kier alpha value is -1.11. The van der Waals surface area contributed by atoms with Gasteiger partial charge >= 0.3 is 0 Å². The average molecular weight is 300 g/mol. The zero-order valence-electron chi connectivity index (χ0n) is 13.8. The Morgan fingerprint density at radius 3 is 2.50 bits per heavy atom. The van der Waals surface area contributed by atoms with Crippen molar-refractivity contribution in [1.82, 2.24) is 0 Å². The predicted octanol–water partition coefficient (Wildman–Crippen LogP) is 6.48. The molecule has 0 aliphatic heterocycles. The number of rotatable bonds is 4. The molecule has 0 amide bonds. The highest BCUT2D eigenvalue weighted by Gasteiger charge is 2.35. The normalized spacial score (nSPS) is 32.1. The van der Waals surface area contributed by atoms with E-state index in [4.69, 9.17) is 0 Å². The van der Waals surface area contributed by atoms with Crippen LogP contribution in [0.25, 0.3) is 0 Å². The molecule has 0 bridgehead atoms. The van der Waals surface area contributed by atoms with Gasteiger partial charge in [0.1, 0.15) is 5.82 Å². The molecular formula is C21H29F. The van der Waals surface area contributed by atoms with Gasteiger partial charge in [-0.2, -0.15) is 0 Å². The van der Waals surface area contributed by atoms with Crippen LogP contribution >= 0.6 is 0 Å². The summed E-state index contributed by atoms with van der Waals surface area (Å²) in [6, 6.07) is 7.26. The van der Waals surface area contributed by atoms with Gasteiger partial charge in [0.05, 0.1) is 0 Å². The summed E-state index contributed by atoms with van der Waals surface area (Å²) in [4.78, 5) is 0. The number of halogens is 1. The minimum absolute atomic E-state index is 0.112. The fraction of sp³-hybridized carbons (Fsp3) is 0.619. The Morgan fingerprint density at radius 1 is 1.00 bits per heavy atom. The summed E-state index contributed by atoms with van der Waals surface area (Å²) >= 11 is 0. The summed E-state index contributed by atoms with van der Waals surface area (Å²) in [5, 5.41) is 0. The number of hydrogen-bond donors (Lipinski definition) is 0. The first-order valence-corrected chi connectivity index (χ1v) is 9.13. The Kier molecular flexibility index (Phi) is 5.33. The lowest BCUT2D eigenvalue weighted by atomic mass is 9.63. The van der Waals surface area contributed by atoms with Crippen molar-refractivity contribution in [3.63, 3.8) is 0 Å². The highest BCUT2D eigenvalue weighted by atomic mass is 19.1. The minimum atomic E-state index is -0.112. The molecule has 0 N–H and O–H groups in total. The molecule has 1 aromatic carbocycles. The first-order valence-electron chi connectivity index (χ1n) is 9.13. The second-order valence-electron chi connectivity index (χ2n) is 7.41. The van der Waals surface area contributed by atoms with E-state index in [-0.39, 0.29) is 5.82 Å². The predicted molar refractivity (Wildman–Crippen MR) is 91.4 cm³/mol. The first-order chi connectivity index (χ1) is 10.8. The van der Waals surface area contributed by atoms with Crippen LogP contribution in [0, 0.1) is 23.6 Å². The maximum absolute atomic E-state index is 13.1. The molecule has 3 rings (SSSR count). The summed E-state index contributed by atoms with van der Waals surface area (Å²) in [5.74, 6) is 3.39. The number of fused-ring (bicyclic) bond motifs is 1. The minimum Gasteiger partial charge on any atom is -0.207 e. The molecule has 2 fully saturated rings. The van der Waals surface area contributed by atoms with Gasteiger partial charge in [0.15, 0.2) is 0 Å². The van der Waals surface area contributed by atoms with Crippen molar-refractivity contribution < 1.29 is 4.39 Å². The lowest BCUT2D eigenvalue weighted by Crippen LogP contribution is -2.30. The average Bonchev–Trinajstić information content (AvgIpc) is 2.55. The van der Waals surface area contributed by atoms with E-state index in [0.29, 0.717) is 5.92 Å². The zero-order valence-corrected chi connectivity index (χ0v) is 13.8. The Bertz CT molecular complexity index is 487. The standard InChI is InChI=1S/C21H29F/c1-2-3-4-5-16-6-7-20-15-19(9-8-18(20)14-16)17-10-12-21(22)13-11-17/h2-3,10-13,16,18-20H,4-9,14-15H2,1H3/t16-,18-,19?,20-/m1/s1. The molecule has 1 aromatic rings. The van der Waals surface area contributed by atoms with Gasteiger partial charge in [0, 0.05) is 0 Å². The largest absolute Gasteiger partial charge is 0.207 e. The van der Waals surface area contributed by atoms with Gasteiger partial charge in [0.25, 0.3) is 0 Å². The van der Waals surface area contributed by atoms with Crippen molar-refractivity contribution in [2.75, 3.05) is 0 Å². The lowest BCUT2D eigenvalue weighted by molar-refractivity contribution is 0.115. The summed E-state index contributed by atoms with van der Waals surface area (Å²) < 4.78 is 13.1. The molecule has 0 aromatic heterocycles. The fourth-order valence-electron chi connectivity index (χ4n) is 4.78. The molecule has 2 saturated carbocycles. The quantitative estimate of drug-likeness (QED) is 0.558. The van der Waals surface area contributed by atoms with Crippen LogP contribution in [-0.2, 0) is 0 Å². The van der Waals surface area contributed by atoms with E-state index in [1.807, 2.05) is 12.1 Å². The van der Waals surface area contributed by atoms with Crippen molar-refractivity contribution in [1.29, 1.82) is 0 Å². The Balaban J connectivity index is 1.54. The van der Waals surface area contributed by atoms with E-state index in [9.17, 15) is 4.39 Å². The Morgan fingerprint density at radius 2 is 1.73 bits per heavy atom. The third-order valence-electron chi connectivity index (χ3n) is 6.04. The van der Waals surface area contributed by atoms with Crippen LogP contribution in [0.2, 0.25) is 0 Å². The van der Waals surface area contributed by atoms with Crippen LogP contribution in [-0.4, -0.2) is 0 Å². The molecule has 1 unspecified atom stereocenters. The Labute approximate surface area is 134 Å². The summed E-state index contributed by atoms with van der Waals surface area (Å²) in [6.07, 6.45) is 15.5. The first kappa shape index (κ1) is 15.8. The number of benzene rings is 1. The fourth-order valence-corrected chi connectivity index (χ4v) is 4.78. The van der Waals surface area contributed by atoms with Crippen LogP contribution in [0.1, 0.15) is 69.8 Å². The topological polar surface area (TPSA) is 0 Å². The third-order valence-corrected chi connectivity index (χ3v) is 6.04. The van der Waals surface area contributed by atoms with Crippen LogP contribution in [0.3, 0.4) is 0 Å². The van der Waals surface area contributed by atoms with Crippen LogP contribution in [0.15, 0.2) is 36.4 Å².